The van der Waals surface area contributed by atoms with Gasteiger partial charge in [-0.05, 0) is 83.9 Å². The van der Waals surface area contributed by atoms with E-state index in [1.807, 2.05) is 24.3 Å². The number of benzene rings is 4. The van der Waals surface area contributed by atoms with E-state index in [1.54, 1.807) is 24.3 Å². The first-order valence-corrected chi connectivity index (χ1v) is 16.4. The Kier molecular flexibility index (Phi) is 13.8. The van der Waals surface area contributed by atoms with Crippen LogP contribution in [-0.2, 0) is 34.0 Å². The van der Waals surface area contributed by atoms with Gasteiger partial charge in [-0.1, -0.05) is 51.3 Å². The van der Waals surface area contributed by atoms with E-state index in [4.69, 9.17) is 28.4 Å². The zero-order valence-corrected chi connectivity index (χ0v) is 29.3. The van der Waals surface area contributed by atoms with Crippen molar-refractivity contribution in [3.63, 3.8) is 0 Å². The van der Waals surface area contributed by atoms with Gasteiger partial charge in [0.2, 0.25) is 0 Å². The summed E-state index contributed by atoms with van der Waals surface area (Å²) >= 11 is 0. The highest BCUT2D eigenvalue weighted by Gasteiger charge is 2.24. The number of ether oxygens (including phenoxy) is 6. The van der Waals surface area contributed by atoms with Crippen LogP contribution >= 0.6 is 0 Å². The molecule has 0 aliphatic carbocycles. The second kappa shape index (κ2) is 18.6. The quantitative estimate of drug-likeness (QED) is 0.0691. The maximum atomic E-state index is 12.4. The van der Waals surface area contributed by atoms with Crippen LogP contribution < -0.4 is 9.47 Å². The molecule has 0 bridgehead atoms. The fraction of sp³-hybridized carbons (Fsp3) is 0.220. The average Bonchev–Trinajstić information content (AvgIpc) is 3.17. The predicted molar refractivity (Wildman–Crippen MR) is 193 cm³/mol. The minimum absolute atomic E-state index is 0.00808. The van der Waals surface area contributed by atoms with E-state index in [2.05, 4.69) is 27.0 Å². The van der Waals surface area contributed by atoms with Gasteiger partial charge in [-0.3, -0.25) is 0 Å². The van der Waals surface area contributed by atoms with Crippen molar-refractivity contribution in [1.29, 1.82) is 0 Å². The molecule has 53 heavy (non-hydrogen) atoms. The largest absolute Gasteiger partial charge is 0.508 e. The van der Waals surface area contributed by atoms with Crippen molar-refractivity contribution >= 4 is 23.9 Å². The van der Waals surface area contributed by atoms with Gasteiger partial charge in [-0.2, -0.15) is 0 Å². The van der Waals surface area contributed by atoms with Crippen LogP contribution in [-0.4, -0.2) is 72.7 Å². The highest BCUT2D eigenvalue weighted by atomic mass is 16.6. The van der Waals surface area contributed by atoms with Crippen LogP contribution in [0.2, 0.25) is 0 Å². The lowest BCUT2D eigenvalue weighted by Gasteiger charge is -2.27. The van der Waals surface area contributed by atoms with Crippen molar-refractivity contribution in [3.05, 3.63) is 145 Å². The molecule has 12 nitrogen and oxygen atoms in total. The predicted octanol–water partition coefficient (Wildman–Crippen LogP) is 6.09. The molecule has 2 atom stereocenters. The molecule has 12 heteroatoms. The Bertz CT molecular complexity index is 1730. The van der Waals surface area contributed by atoms with Gasteiger partial charge in [0.15, 0.2) is 12.2 Å². The first-order valence-electron chi connectivity index (χ1n) is 16.4. The zero-order chi connectivity index (χ0) is 38.4. The number of esters is 4. The maximum absolute atomic E-state index is 12.4. The summed E-state index contributed by atoms with van der Waals surface area (Å²) in [6.07, 6.45) is 0.179. The lowest BCUT2D eigenvalue weighted by Crippen LogP contribution is -2.30. The number of carbonyl (C=O) groups excluding carboxylic acids is 4. The number of phenolic OH excluding ortho intramolecular Hbond substituents is 2. The minimum Gasteiger partial charge on any atom is -0.508 e. The van der Waals surface area contributed by atoms with Gasteiger partial charge in [-0.25, -0.2) is 19.2 Å². The lowest BCUT2D eigenvalue weighted by molar-refractivity contribution is -0.147. The van der Waals surface area contributed by atoms with Gasteiger partial charge in [0.05, 0.1) is 11.1 Å². The van der Waals surface area contributed by atoms with Crippen LogP contribution in [0.25, 0.3) is 0 Å². The Labute approximate surface area is 306 Å². The van der Waals surface area contributed by atoms with Crippen LogP contribution in [0.4, 0.5) is 0 Å². The standard InChI is InChI=1S/C41H40O12/c1-5-37(44)52-35(25-50-39(46)27-7-15-31(42)16-8-27)23-48-33-19-11-29(12-20-33)41(3,4)30-13-21-34(22-14-30)49-24-36(53-38(45)6-2)26-51-40(47)28-9-17-32(43)18-10-28/h5-22,35-36,42-43H,1-2,23-26H2,3-4H3. The summed E-state index contributed by atoms with van der Waals surface area (Å²) < 4.78 is 32.9. The molecule has 2 N–H and O–H groups in total. The Morgan fingerprint density at radius 3 is 1.23 bits per heavy atom. The van der Waals surface area contributed by atoms with Crippen LogP contribution in [0.3, 0.4) is 0 Å². The first kappa shape index (κ1) is 39.2. The maximum Gasteiger partial charge on any atom is 0.338 e. The third-order valence-electron chi connectivity index (χ3n) is 7.93. The molecular weight excluding hydrogens is 684 g/mol. The Balaban J connectivity index is 1.32. The Hall–Kier alpha value is -6.56. The van der Waals surface area contributed by atoms with Crippen LogP contribution in [0, 0.1) is 0 Å². The molecule has 2 unspecified atom stereocenters. The SMILES string of the molecule is C=CC(=O)OC(COC(=O)c1ccc(O)cc1)COc1ccc(C(C)(C)c2ccc(OCC(COC(=O)c3ccc(O)cc3)OC(=O)C=C)cc2)cc1. The molecule has 0 radical (unpaired) electrons. The monoisotopic (exact) mass is 724 g/mol. The van der Waals surface area contributed by atoms with Gasteiger partial charge >= 0.3 is 23.9 Å². The van der Waals surface area contributed by atoms with E-state index >= 15 is 0 Å². The fourth-order valence-electron chi connectivity index (χ4n) is 4.84. The number of hydrogen-bond acceptors (Lipinski definition) is 12. The number of hydrogen-bond donors (Lipinski definition) is 2. The molecule has 276 valence electrons. The summed E-state index contributed by atoms with van der Waals surface area (Å²) in [4.78, 5) is 48.6. The molecule has 0 aliphatic rings. The molecule has 4 aromatic carbocycles. The van der Waals surface area contributed by atoms with Crippen molar-refractivity contribution in [2.45, 2.75) is 31.5 Å². The topological polar surface area (TPSA) is 164 Å². The molecule has 0 amide bonds. The van der Waals surface area contributed by atoms with E-state index in [1.165, 1.54) is 48.5 Å². The second-order valence-electron chi connectivity index (χ2n) is 12.1. The number of rotatable bonds is 18. The normalized spacial score (nSPS) is 12.0. The molecule has 0 heterocycles. The molecule has 0 spiro atoms. The third-order valence-corrected chi connectivity index (χ3v) is 7.93. The molecule has 0 fully saturated rings. The number of aromatic hydroxyl groups is 2. The Morgan fingerprint density at radius 2 is 0.906 bits per heavy atom. The number of carbonyl (C=O) groups is 4. The lowest BCUT2D eigenvalue weighted by atomic mass is 9.78. The van der Waals surface area contributed by atoms with Gasteiger partial charge in [0.25, 0.3) is 0 Å². The van der Waals surface area contributed by atoms with Crippen molar-refractivity contribution in [3.8, 4) is 23.0 Å². The van der Waals surface area contributed by atoms with Gasteiger partial charge in [-0.15, -0.1) is 0 Å². The average molecular weight is 725 g/mol. The molecule has 0 saturated heterocycles. The molecule has 0 saturated carbocycles. The fourth-order valence-corrected chi connectivity index (χ4v) is 4.84. The van der Waals surface area contributed by atoms with Crippen molar-refractivity contribution in [2.24, 2.45) is 0 Å². The molecule has 4 rings (SSSR count). The van der Waals surface area contributed by atoms with Gasteiger partial charge < -0.3 is 38.6 Å². The smallest absolute Gasteiger partial charge is 0.338 e. The molecule has 4 aromatic rings. The van der Waals surface area contributed by atoms with Crippen molar-refractivity contribution in [2.75, 3.05) is 26.4 Å². The highest BCUT2D eigenvalue weighted by Crippen LogP contribution is 2.33. The number of phenols is 2. The van der Waals surface area contributed by atoms with Crippen molar-refractivity contribution in [1.82, 2.24) is 0 Å². The minimum atomic E-state index is -0.914. The van der Waals surface area contributed by atoms with E-state index < -0.39 is 41.5 Å². The van der Waals surface area contributed by atoms with Crippen LogP contribution in [0.5, 0.6) is 23.0 Å². The first-order chi connectivity index (χ1) is 25.4. The Morgan fingerprint density at radius 1 is 0.566 bits per heavy atom. The molecule has 0 aromatic heterocycles. The second-order valence-corrected chi connectivity index (χ2v) is 12.1. The van der Waals surface area contributed by atoms with Crippen LogP contribution in [0.15, 0.2) is 122 Å². The zero-order valence-electron chi connectivity index (χ0n) is 29.3. The summed E-state index contributed by atoms with van der Waals surface area (Å²) in [6, 6.07) is 25.9. The van der Waals surface area contributed by atoms with E-state index in [-0.39, 0.29) is 49.1 Å². The van der Waals surface area contributed by atoms with E-state index in [0.29, 0.717) is 11.5 Å². The van der Waals surface area contributed by atoms with Crippen LogP contribution in [0.1, 0.15) is 45.7 Å². The third kappa shape index (κ3) is 11.7. The van der Waals surface area contributed by atoms with Gasteiger partial charge in [0, 0.05) is 17.6 Å². The summed E-state index contributed by atoms with van der Waals surface area (Å²) in [6.45, 7) is 10.2. The molecule has 0 aliphatic heterocycles. The van der Waals surface area contributed by atoms with Crippen molar-refractivity contribution < 1.29 is 57.8 Å². The molecular formula is C41H40O12. The van der Waals surface area contributed by atoms with Gasteiger partial charge in [0.1, 0.15) is 49.4 Å². The summed E-state index contributed by atoms with van der Waals surface area (Å²) in [7, 11) is 0. The van der Waals surface area contributed by atoms with E-state index in [0.717, 1.165) is 23.3 Å². The summed E-state index contributed by atoms with van der Waals surface area (Å²) in [5, 5.41) is 18.9. The van der Waals surface area contributed by atoms with E-state index in [9.17, 15) is 29.4 Å². The summed E-state index contributed by atoms with van der Waals surface area (Å²) in [5.41, 5.74) is 1.96. The summed E-state index contributed by atoms with van der Waals surface area (Å²) in [5.74, 6) is -1.69. The highest BCUT2D eigenvalue weighted by molar-refractivity contribution is 5.90.